The van der Waals surface area contributed by atoms with E-state index in [4.69, 9.17) is 5.11 Å². The van der Waals surface area contributed by atoms with E-state index in [1.807, 2.05) is 0 Å². The van der Waals surface area contributed by atoms with Crippen molar-refractivity contribution in [3.63, 3.8) is 0 Å². The minimum atomic E-state index is -3.51. The van der Waals surface area contributed by atoms with E-state index in [1.54, 1.807) is 0 Å². The van der Waals surface area contributed by atoms with E-state index in [0.29, 0.717) is 0 Å². The molecule has 0 aliphatic heterocycles. The summed E-state index contributed by atoms with van der Waals surface area (Å²) in [4.78, 5) is 55.7. The molecule has 0 rings (SSSR count). The zero-order valence-corrected chi connectivity index (χ0v) is 22.2. The molecule has 0 amide bonds. The van der Waals surface area contributed by atoms with Gasteiger partial charge in [-0.3, -0.25) is 12.9 Å². The smallest absolute Gasteiger partial charge is 0.781 e. The molecular weight excluding hydrogens is 716 g/mol. The van der Waals surface area contributed by atoms with Gasteiger partial charge in [-0.1, -0.05) is 6.08 Å². The molecule has 0 aliphatic rings. The van der Waals surface area contributed by atoms with Crippen LogP contribution in [0.2, 0.25) is 0 Å². The largest absolute Gasteiger partial charge is 6.00 e. The van der Waals surface area contributed by atoms with Crippen LogP contribution in [-0.4, -0.2) is 11.7 Å². The second kappa shape index (κ2) is 29.0. The summed E-state index contributed by atoms with van der Waals surface area (Å²) in [6.07, 6.45) is 1.43. The number of hydrogen-bond acceptors (Lipinski definition) is 16. The van der Waals surface area contributed by atoms with Crippen molar-refractivity contribution < 1.29 is 106 Å². The van der Waals surface area contributed by atoms with E-state index in [-0.39, 0.29) is 37.7 Å². The zero-order valence-electron chi connectivity index (χ0n) is 12.1. The van der Waals surface area contributed by atoms with Gasteiger partial charge < -0.3 is 61.9 Å². The Labute approximate surface area is 174 Å². The average Bonchev–Trinajstić information content (AvgIpc) is 2.35. The normalized spacial score (nSPS) is 16.0. The molecule has 154 valence electrons. The Hall–Kier alpha value is 1.77. The number of rotatable bonds is 7. The number of hydrogen-bond donors (Lipinski definition) is 1. The van der Waals surface area contributed by atoms with Crippen LogP contribution in [0.5, 0.6) is 0 Å². The van der Waals surface area contributed by atoms with Gasteiger partial charge in [-0.25, -0.2) is 0 Å². The molecule has 16 nitrogen and oxygen atoms in total. The van der Waals surface area contributed by atoms with Crippen LogP contribution in [-0.2, 0) is 40.3 Å². The first-order valence-electron chi connectivity index (χ1n) is 4.81. The summed E-state index contributed by atoms with van der Waals surface area (Å²) in [6.45, 7) is 3.31. The van der Waals surface area contributed by atoms with Crippen molar-refractivity contribution in [1.29, 1.82) is 0 Å². The topological polar surface area (TPSA) is 289 Å². The Balaban J connectivity index is -0.0000000759. The van der Waals surface area contributed by atoms with Crippen molar-refractivity contribution in [2.24, 2.45) is 0 Å². The van der Waals surface area contributed by atoms with Crippen molar-refractivity contribution in [1.82, 2.24) is 0 Å². The maximum Gasteiger partial charge on any atom is 6.00 e. The van der Waals surface area contributed by atoms with Gasteiger partial charge in [-0.15, -0.1) is 6.58 Å². The molecule has 0 fully saturated rings. The van der Waals surface area contributed by atoms with Gasteiger partial charge in [-0.05, 0) is 0 Å². The predicted octanol–water partition coefficient (Wildman–Crippen LogP) is -4.33. The van der Waals surface area contributed by atoms with Crippen LogP contribution >= 0.6 is 49.5 Å². The summed E-state index contributed by atoms with van der Waals surface area (Å²) in [5.41, 5.74) is 0. The molecule has 6 atom stereocenters. The van der Waals surface area contributed by atoms with Crippen molar-refractivity contribution >= 4 is 49.5 Å². The van der Waals surface area contributed by atoms with Crippen molar-refractivity contribution in [2.45, 2.75) is 0 Å². The maximum atomic E-state index is 9.29. The third kappa shape index (κ3) is 72.5. The average molecular weight is 728 g/mol. The molecule has 0 heterocycles. The summed E-state index contributed by atoms with van der Waals surface area (Å²) in [6, 6.07) is 0. The SMILES string of the molecule is C=CCO.O=[PH]([O-])O[PH](=O)[O-].O=[PH]([O-])O[PH](=O)[O-].O=[PH]([O-])O[PH](=O)[O-].[U+6]. The van der Waals surface area contributed by atoms with Gasteiger partial charge >= 0.3 is 31.1 Å². The Morgan fingerprint density at radius 2 is 0.769 bits per heavy atom. The predicted molar refractivity (Wildman–Crippen MR) is 74.5 cm³/mol. The van der Waals surface area contributed by atoms with Crippen LogP contribution in [0, 0.1) is 31.1 Å². The van der Waals surface area contributed by atoms with Gasteiger partial charge in [0, 0.05) is 0 Å². The van der Waals surface area contributed by atoms with E-state index < -0.39 is 49.5 Å². The molecule has 0 saturated heterocycles. The fraction of sp³-hybridized carbons (Fsp3) is 0.333. The molecule has 1 N–H and O–H groups in total. The monoisotopic (exact) mass is 728 g/mol. The molecule has 23 heteroatoms. The maximum absolute atomic E-state index is 9.29. The summed E-state index contributed by atoms with van der Waals surface area (Å²) in [7, 11) is -21.1. The van der Waals surface area contributed by atoms with E-state index in [1.165, 1.54) is 6.08 Å². The fourth-order valence-electron chi connectivity index (χ4n) is 0.204. The first kappa shape index (κ1) is 38.4. The molecule has 0 aromatic rings. The van der Waals surface area contributed by atoms with Crippen LogP contribution in [0.1, 0.15) is 0 Å². The third-order valence-electron chi connectivity index (χ3n) is 0.629. The fourth-order valence-corrected chi connectivity index (χ4v) is 1.84. The van der Waals surface area contributed by atoms with Gasteiger partial charge in [0.05, 0.1) is 6.61 Å². The number of aliphatic hydroxyl groups excluding tert-OH is 1. The molecular formula is C3H12O16P6U. The molecule has 0 bridgehead atoms. The van der Waals surface area contributed by atoms with Gasteiger partial charge in [0.2, 0.25) is 0 Å². The van der Waals surface area contributed by atoms with Crippen LogP contribution in [0.25, 0.3) is 0 Å². The summed E-state index contributed by atoms with van der Waals surface area (Å²) in [5, 5.41) is 7.76. The summed E-state index contributed by atoms with van der Waals surface area (Å²) in [5.74, 6) is 0. The Morgan fingerprint density at radius 3 is 0.769 bits per heavy atom. The molecule has 0 aromatic heterocycles. The molecule has 6 unspecified atom stereocenters. The van der Waals surface area contributed by atoms with Crippen molar-refractivity contribution in [3.05, 3.63) is 12.7 Å². The Morgan fingerprint density at radius 1 is 0.654 bits per heavy atom. The van der Waals surface area contributed by atoms with Crippen molar-refractivity contribution in [3.8, 4) is 0 Å². The molecule has 0 spiro atoms. The van der Waals surface area contributed by atoms with E-state index in [9.17, 15) is 56.8 Å². The van der Waals surface area contributed by atoms with Gasteiger partial charge in [-0.2, -0.15) is 0 Å². The molecule has 0 radical (unpaired) electrons. The Bertz CT molecular complexity index is 381. The summed E-state index contributed by atoms with van der Waals surface area (Å²) >= 11 is 0. The first-order chi connectivity index (χ1) is 11.3. The summed E-state index contributed by atoms with van der Waals surface area (Å²) < 4.78 is 65.4. The molecule has 26 heavy (non-hydrogen) atoms. The van der Waals surface area contributed by atoms with Crippen LogP contribution in [0.4, 0.5) is 0 Å². The van der Waals surface area contributed by atoms with Crippen LogP contribution < -0.4 is 29.4 Å². The molecule has 0 saturated carbocycles. The minimum absolute atomic E-state index is 0. The zero-order chi connectivity index (χ0) is 21.0. The van der Waals surface area contributed by atoms with Gasteiger partial charge in [0.1, 0.15) is 49.5 Å². The quantitative estimate of drug-likeness (QED) is 0.192. The minimum Gasteiger partial charge on any atom is -0.781 e. The van der Waals surface area contributed by atoms with E-state index >= 15 is 0 Å². The second-order valence-electron chi connectivity index (χ2n) is 2.28. The number of aliphatic hydroxyl groups is 1. The Kier molecular flexibility index (Phi) is 42.8. The van der Waals surface area contributed by atoms with Gasteiger partial charge in [0.15, 0.2) is 0 Å². The standard InChI is InChI=1S/C3H6O.3H4O5P2.U/c1-2-3-4;3*1-6(2)5-7(3)4;/h2,4H,1,3H2;3*6-7H,(H,1,2)(H,3,4);/q;;;;+6/p-6. The van der Waals surface area contributed by atoms with Gasteiger partial charge in [0.25, 0.3) is 0 Å². The van der Waals surface area contributed by atoms with Crippen LogP contribution in [0.15, 0.2) is 12.7 Å². The van der Waals surface area contributed by atoms with Crippen molar-refractivity contribution in [2.75, 3.05) is 6.61 Å². The third-order valence-corrected chi connectivity index (χ3v) is 4.63. The molecule has 0 aliphatic carbocycles. The first-order valence-corrected chi connectivity index (χ1v) is 12.2. The molecule has 0 aromatic carbocycles. The second-order valence-corrected chi connectivity index (χ2v) is 7.73. The van der Waals surface area contributed by atoms with Crippen LogP contribution in [0.3, 0.4) is 0 Å². The van der Waals surface area contributed by atoms with E-state index in [0.717, 1.165) is 0 Å². The van der Waals surface area contributed by atoms with E-state index in [2.05, 4.69) is 19.5 Å².